The molecule has 1 saturated heterocycles. The summed E-state index contributed by atoms with van der Waals surface area (Å²) in [6.45, 7) is 1.90. The number of piperidine rings is 1. The van der Waals surface area contributed by atoms with E-state index in [9.17, 15) is 4.79 Å². The quantitative estimate of drug-likeness (QED) is 0.751. The van der Waals surface area contributed by atoms with Crippen molar-refractivity contribution < 1.29 is 18.8 Å². The highest BCUT2D eigenvalue weighted by molar-refractivity contribution is 5.75. The molecule has 106 valence electrons. The molecular formula is C13H20N2O4. The van der Waals surface area contributed by atoms with Gasteiger partial charge in [-0.1, -0.05) is 11.6 Å². The highest BCUT2D eigenvalue weighted by atomic mass is 16.5. The first kappa shape index (κ1) is 14.0. The van der Waals surface area contributed by atoms with Crippen molar-refractivity contribution in [3.05, 3.63) is 17.5 Å². The van der Waals surface area contributed by atoms with E-state index in [-0.39, 0.29) is 12.0 Å². The summed E-state index contributed by atoms with van der Waals surface area (Å²) in [7, 11) is 3.04. The predicted octanol–water partition coefficient (Wildman–Crippen LogP) is 1.35. The number of hydrogen-bond acceptors (Lipinski definition) is 6. The van der Waals surface area contributed by atoms with Crippen LogP contribution in [0.2, 0.25) is 0 Å². The molecule has 0 saturated carbocycles. The third-order valence-electron chi connectivity index (χ3n) is 3.35. The average molecular weight is 268 g/mol. The SMILES string of the molecule is COCc1cc(CN2CCCC[C@@H]2C(=O)OC)no1. The normalized spacial score (nSPS) is 20.4. The minimum atomic E-state index is -0.166. The molecule has 6 heteroatoms. The molecular weight excluding hydrogens is 248 g/mol. The first-order chi connectivity index (χ1) is 9.24. The van der Waals surface area contributed by atoms with Gasteiger partial charge in [0.1, 0.15) is 12.6 Å². The largest absolute Gasteiger partial charge is 0.468 e. The van der Waals surface area contributed by atoms with Gasteiger partial charge in [-0.15, -0.1) is 0 Å². The van der Waals surface area contributed by atoms with Gasteiger partial charge in [0.15, 0.2) is 5.76 Å². The first-order valence-electron chi connectivity index (χ1n) is 6.50. The maximum atomic E-state index is 11.7. The van der Waals surface area contributed by atoms with Crippen molar-refractivity contribution in [3.63, 3.8) is 0 Å². The lowest BCUT2D eigenvalue weighted by molar-refractivity contribution is -0.148. The third-order valence-corrected chi connectivity index (χ3v) is 3.35. The summed E-state index contributed by atoms with van der Waals surface area (Å²) in [5, 5.41) is 4.00. The molecule has 0 bridgehead atoms. The van der Waals surface area contributed by atoms with Crippen LogP contribution in [0, 0.1) is 0 Å². The molecule has 1 aliphatic rings. The van der Waals surface area contributed by atoms with Gasteiger partial charge in [-0.2, -0.15) is 0 Å². The molecule has 2 heterocycles. The number of methoxy groups -OCH3 is 2. The molecule has 19 heavy (non-hydrogen) atoms. The van der Waals surface area contributed by atoms with Crippen molar-refractivity contribution in [2.75, 3.05) is 20.8 Å². The number of carbonyl (C=O) groups excluding carboxylic acids is 1. The molecule has 1 atom stereocenters. The van der Waals surface area contributed by atoms with E-state index in [0.29, 0.717) is 18.9 Å². The molecule has 0 amide bonds. The molecule has 1 aromatic rings. The van der Waals surface area contributed by atoms with E-state index in [1.165, 1.54) is 7.11 Å². The van der Waals surface area contributed by atoms with Crippen molar-refractivity contribution in [2.24, 2.45) is 0 Å². The molecule has 1 aromatic heterocycles. The van der Waals surface area contributed by atoms with E-state index in [2.05, 4.69) is 10.1 Å². The first-order valence-corrected chi connectivity index (χ1v) is 6.50. The minimum absolute atomic E-state index is 0.165. The number of nitrogens with zero attached hydrogens (tertiary/aromatic N) is 2. The fraction of sp³-hybridized carbons (Fsp3) is 0.692. The van der Waals surface area contributed by atoms with Gasteiger partial charge in [0, 0.05) is 19.7 Å². The third kappa shape index (κ3) is 3.54. The Balaban J connectivity index is 2.00. The van der Waals surface area contributed by atoms with E-state index in [1.807, 2.05) is 6.07 Å². The Morgan fingerprint density at radius 3 is 3.11 bits per heavy atom. The van der Waals surface area contributed by atoms with E-state index in [0.717, 1.165) is 31.5 Å². The monoisotopic (exact) mass is 268 g/mol. The van der Waals surface area contributed by atoms with Crippen molar-refractivity contribution >= 4 is 5.97 Å². The number of ether oxygens (including phenoxy) is 2. The van der Waals surface area contributed by atoms with Gasteiger partial charge in [0.25, 0.3) is 0 Å². The number of carbonyl (C=O) groups is 1. The molecule has 0 aromatic carbocycles. The van der Waals surface area contributed by atoms with Crippen LogP contribution in [-0.4, -0.2) is 42.8 Å². The summed E-state index contributed by atoms with van der Waals surface area (Å²) in [4.78, 5) is 13.8. The summed E-state index contributed by atoms with van der Waals surface area (Å²) in [6.07, 6.45) is 3.00. The van der Waals surface area contributed by atoms with E-state index in [1.54, 1.807) is 7.11 Å². The maximum absolute atomic E-state index is 11.7. The van der Waals surface area contributed by atoms with Gasteiger partial charge in [0.05, 0.1) is 12.8 Å². The summed E-state index contributed by atoms with van der Waals surface area (Å²) >= 11 is 0. The van der Waals surface area contributed by atoms with Crippen LogP contribution < -0.4 is 0 Å². The Hall–Kier alpha value is -1.40. The van der Waals surface area contributed by atoms with Crippen LogP contribution in [0.1, 0.15) is 30.7 Å². The molecule has 0 unspecified atom stereocenters. The van der Waals surface area contributed by atoms with Gasteiger partial charge in [-0.05, 0) is 19.4 Å². The van der Waals surface area contributed by atoms with Gasteiger partial charge < -0.3 is 14.0 Å². The summed E-state index contributed by atoms with van der Waals surface area (Å²) in [6, 6.07) is 1.70. The van der Waals surface area contributed by atoms with E-state index in [4.69, 9.17) is 14.0 Å². The number of esters is 1. The van der Waals surface area contributed by atoms with Crippen molar-refractivity contribution in [1.82, 2.24) is 10.1 Å². The van der Waals surface area contributed by atoms with Gasteiger partial charge >= 0.3 is 5.97 Å². The molecule has 0 N–H and O–H groups in total. The fourth-order valence-electron chi connectivity index (χ4n) is 2.43. The molecule has 6 nitrogen and oxygen atoms in total. The second kappa shape index (κ2) is 6.68. The molecule has 0 aliphatic carbocycles. The predicted molar refractivity (Wildman–Crippen MR) is 67.3 cm³/mol. The molecule has 0 spiro atoms. The zero-order chi connectivity index (χ0) is 13.7. The van der Waals surface area contributed by atoms with Gasteiger partial charge in [-0.3, -0.25) is 9.69 Å². The van der Waals surface area contributed by atoms with Gasteiger partial charge in [0.2, 0.25) is 0 Å². The van der Waals surface area contributed by atoms with Crippen molar-refractivity contribution in [2.45, 2.75) is 38.5 Å². The number of aromatic nitrogens is 1. The zero-order valence-corrected chi connectivity index (χ0v) is 11.4. The van der Waals surface area contributed by atoms with Crippen LogP contribution >= 0.6 is 0 Å². The molecule has 1 aliphatic heterocycles. The van der Waals surface area contributed by atoms with Crippen LogP contribution in [-0.2, 0) is 27.4 Å². The Bertz CT molecular complexity index is 419. The lowest BCUT2D eigenvalue weighted by Crippen LogP contribution is -2.44. The van der Waals surface area contributed by atoms with E-state index < -0.39 is 0 Å². The summed E-state index contributed by atoms with van der Waals surface area (Å²) in [5.41, 5.74) is 0.822. The smallest absolute Gasteiger partial charge is 0.323 e. The lowest BCUT2D eigenvalue weighted by atomic mass is 10.0. The van der Waals surface area contributed by atoms with Crippen LogP contribution in [0.5, 0.6) is 0 Å². The molecule has 1 fully saturated rings. The minimum Gasteiger partial charge on any atom is -0.468 e. The van der Waals surface area contributed by atoms with Gasteiger partial charge in [-0.25, -0.2) is 0 Å². The summed E-state index contributed by atoms with van der Waals surface area (Å²) < 4.78 is 15.0. The number of likely N-dealkylation sites (tertiary alicyclic amines) is 1. The van der Waals surface area contributed by atoms with Crippen molar-refractivity contribution in [3.8, 4) is 0 Å². The topological polar surface area (TPSA) is 64.8 Å². The van der Waals surface area contributed by atoms with Crippen LogP contribution in [0.4, 0.5) is 0 Å². The number of hydrogen-bond donors (Lipinski definition) is 0. The van der Waals surface area contributed by atoms with E-state index >= 15 is 0 Å². The fourth-order valence-corrected chi connectivity index (χ4v) is 2.43. The Morgan fingerprint density at radius 1 is 1.53 bits per heavy atom. The van der Waals surface area contributed by atoms with Crippen LogP contribution in [0.25, 0.3) is 0 Å². The molecule has 0 radical (unpaired) electrons. The molecule has 2 rings (SSSR count). The Kier molecular flexibility index (Phi) is 4.93. The second-order valence-corrected chi connectivity index (χ2v) is 4.72. The second-order valence-electron chi connectivity index (χ2n) is 4.72. The highest BCUT2D eigenvalue weighted by Gasteiger charge is 2.29. The Morgan fingerprint density at radius 2 is 2.37 bits per heavy atom. The van der Waals surface area contributed by atoms with Crippen LogP contribution in [0.15, 0.2) is 10.6 Å². The Labute approximate surface area is 112 Å². The lowest BCUT2D eigenvalue weighted by Gasteiger charge is -2.32. The van der Waals surface area contributed by atoms with Crippen molar-refractivity contribution in [1.29, 1.82) is 0 Å². The summed E-state index contributed by atoms with van der Waals surface area (Å²) in [5.74, 6) is 0.532. The maximum Gasteiger partial charge on any atom is 0.323 e. The zero-order valence-electron chi connectivity index (χ0n) is 11.4. The number of rotatable bonds is 5. The van der Waals surface area contributed by atoms with Crippen LogP contribution in [0.3, 0.4) is 0 Å². The highest BCUT2D eigenvalue weighted by Crippen LogP contribution is 2.20. The average Bonchev–Trinajstić information content (AvgIpc) is 2.86. The standard InChI is InChI=1S/C13H20N2O4/c1-17-9-11-7-10(14-19-11)8-15-6-4-3-5-12(15)13(16)18-2/h7,12H,3-6,8-9H2,1-2H3/t12-/m1/s1.